The molecule has 0 amide bonds. The van der Waals surface area contributed by atoms with Crippen LogP contribution in [0.4, 0.5) is 0 Å². The number of halogens is 2. The van der Waals surface area contributed by atoms with Crippen LogP contribution in [0.25, 0.3) is 0 Å². The summed E-state index contributed by atoms with van der Waals surface area (Å²) in [4.78, 5) is 11.7. The van der Waals surface area contributed by atoms with Crippen molar-refractivity contribution in [2.24, 2.45) is 0 Å². The fraction of sp³-hybridized carbons (Fsp3) is 0.273. The third-order valence-electron chi connectivity index (χ3n) is 1.98. The molecule has 84 valence electrons. The van der Waals surface area contributed by atoms with Crippen LogP contribution >= 0.6 is 31.9 Å². The zero-order valence-corrected chi connectivity index (χ0v) is 11.8. The first-order valence-electron chi connectivity index (χ1n) is 4.60. The van der Waals surface area contributed by atoms with Gasteiger partial charge in [-0.1, -0.05) is 22.0 Å². The van der Waals surface area contributed by atoms with Crippen molar-refractivity contribution < 1.29 is 9.53 Å². The van der Waals surface area contributed by atoms with Crippen LogP contribution in [-0.4, -0.2) is 12.6 Å². The lowest BCUT2D eigenvalue weighted by Gasteiger charge is -2.09. The van der Waals surface area contributed by atoms with Crippen molar-refractivity contribution >= 4 is 37.8 Å². The quantitative estimate of drug-likeness (QED) is 0.622. The number of rotatable bonds is 3. The molecule has 16 heavy (non-hydrogen) atoms. The van der Waals surface area contributed by atoms with Gasteiger partial charge < -0.3 is 4.74 Å². The van der Waals surface area contributed by atoms with Gasteiger partial charge >= 0.3 is 5.97 Å². The van der Waals surface area contributed by atoms with Gasteiger partial charge in [-0.25, -0.2) is 4.79 Å². The molecule has 0 spiro atoms. The number of benzene rings is 1. The van der Waals surface area contributed by atoms with Gasteiger partial charge in [0, 0.05) is 9.80 Å². The van der Waals surface area contributed by atoms with Crippen LogP contribution in [0.3, 0.4) is 0 Å². The lowest BCUT2D eigenvalue weighted by atomic mass is 10.0. The Hall–Kier alpha value is -0.860. The third-order valence-corrected chi connectivity index (χ3v) is 3.24. The van der Waals surface area contributed by atoms with Crippen LogP contribution in [-0.2, 0) is 10.1 Å². The Morgan fingerprint density at radius 2 is 2.25 bits per heavy atom. The minimum absolute atomic E-state index is 0.286. The highest BCUT2D eigenvalue weighted by Gasteiger charge is 2.19. The summed E-state index contributed by atoms with van der Waals surface area (Å²) in [6.07, 6.45) is 0. The van der Waals surface area contributed by atoms with Crippen LogP contribution in [0.1, 0.15) is 28.4 Å². The highest BCUT2D eigenvalue weighted by molar-refractivity contribution is 9.10. The van der Waals surface area contributed by atoms with Crippen molar-refractivity contribution in [3.8, 4) is 6.07 Å². The van der Waals surface area contributed by atoms with Gasteiger partial charge in [-0.05, 0) is 34.5 Å². The largest absolute Gasteiger partial charge is 0.462 e. The van der Waals surface area contributed by atoms with Crippen LogP contribution < -0.4 is 0 Å². The van der Waals surface area contributed by atoms with Crippen LogP contribution in [0.2, 0.25) is 0 Å². The van der Waals surface area contributed by atoms with Crippen molar-refractivity contribution in [2.45, 2.75) is 12.3 Å². The van der Waals surface area contributed by atoms with E-state index in [0.29, 0.717) is 20.9 Å². The molecular formula is C11H9Br2NO2. The van der Waals surface area contributed by atoms with Gasteiger partial charge in [0.15, 0.2) is 0 Å². The van der Waals surface area contributed by atoms with Gasteiger partial charge in [-0.15, -0.1) is 0 Å². The van der Waals surface area contributed by atoms with E-state index in [4.69, 9.17) is 10.00 Å². The minimum atomic E-state index is -0.478. The zero-order chi connectivity index (χ0) is 12.1. The fourth-order valence-corrected chi connectivity index (χ4v) is 2.22. The summed E-state index contributed by atoms with van der Waals surface area (Å²) in [5, 5.41) is 9.60. The smallest absolute Gasteiger partial charge is 0.340 e. The van der Waals surface area contributed by atoms with Crippen LogP contribution in [0, 0.1) is 11.3 Å². The number of carbonyl (C=O) groups is 1. The van der Waals surface area contributed by atoms with Gasteiger partial charge in [-0.3, -0.25) is 0 Å². The predicted octanol–water partition coefficient (Wildman–Crippen LogP) is 3.39. The Morgan fingerprint density at radius 1 is 1.56 bits per heavy atom. The van der Waals surface area contributed by atoms with Gasteiger partial charge in [0.2, 0.25) is 0 Å². The van der Waals surface area contributed by atoms with E-state index in [0.717, 1.165) is 5.56 Å². The second kappa shape index (κ2) is 6.02. The van der Waals surface area contributed by atoms with Crippen LogP contribution in [0.5, 0.6) is 0 Å². The van der Waals surface area contributed by atoms with Gasteiger partial charge in [0.25, 0.3) is 0 Å². The molecule has 1 aromatic rings. The van der Waals surface area contributed by atoms with Crippen molar-refractivity contribution in [1.29, 1.82) is 5.26 Å². The highest BCUT2D eigenvalue weighted by atomic mass is 79.9. The van der Waals surface area contributed by atoms with Crippen molar-refractivity contribution in [1.82, 2.24) is 0 Å². The lowest BCUT2D eigenvalue weighted by molar-refractivity contribution is 0.0525. The number of carbonyl (C=O) groups excluding carboxylic acids is 1. The lowest BCUT2D eigenvalue weighted by Crippen LogP contribution is -2.09. The molecule has 1 rings (SSSR count). The molecule has 0 N–H and O–H groups in total. The molecule has 0 aliphatic rings. The summed E-state index contributed by atoms with van der Waals surface area (Å²) < 4.78 is 5.49. The van der Waals surface area contributed by atoms with Crippen LogP contribution in [0.15, 0.2) is 16.6 Å². The Morgan fingerprint density at radius 3 is 2.75 bits per heavy atom. The summed E-state index contributed by atoms with van der Waals surface area (Å²) >= 11 is 6.53. The molecule has 0 saturated heterocycles. The molecule has 0 heterocycles. The van der Waals surface area contributed by atoms with E-state index in [2.05, 4.69) is 31.9 Å². The van der Waals surface area contributed by atoms with Gasteiger partial charge in [0.1, 0.15) is 6.07 Å². The normalized spacial score (nSPS) is 9.62. The molecule has 5 heteroatoms. The molecule has 0 aromatic heterocycles. The van der Waals surface area contributed by atoms with E-state index >= 15 is 0 Å². The summed E-state index contributed by atoms with van der Waals surface area (Å²) in [5.41, 5.74) is 1.42. The van der Waals surface area contributed by atoms with E-state index in [1.165, 1.54) is 0 Å². The van der Waals surface area contributed by atoms with Crippen molar-refractivity contribution in [3.05, 3.63) is 33.3 Å². The first kappa shape index (κ1) is 13.2. The first-order valence-corrected chi connectivity index (χ1v) is 6.51. The molecular weight excluding hydrogens is 338 g/mol. The number of hydrogen-bond donors (Lipinski definition) is 0. The molecule has 0 fully saturated rings. The molecule has 3 nitrogen and oxygen atoms in total. The molecule has 0 radical (unpaired) electrons. The first-order chi connectivity index (χ1) is 7.65. The fourth-order valence-electron chi connectivity index (χ4n) is 1.26. The summed E-state index contributed by atoms with van der Waals surface area (Å²) in [5.74, 6) is -0.478. The standard InChI is InChI=1S/C11H9Br2NO2/c1-2-16-11(15)10-8(6-14)7(5-12)3-4-9(10)13/h3-4H,2,5H2,1H3. The Bertz CT molecular complexity index is 452. The average molecular weight is 347 g/mol. The van der Waals surface area contributed by atoms with Gasteiger partial charge in [0.05, 0.1) is 17.7 Å². The topological polar surface area (TPSA) is 50.1 Å². The van der Waals surface area contributed by atoms with E-state index in [9.17, 15) is 4.79 Å². The highest BCUT2D eigenvalue weighted by Crippen LogP contribution is 2.25. The summed E-state index contributed by atoms with van der Waals surface area (Å²) in [7, 11) is 0. The van der Waals surface area contributed by atoms with Crippen molar-refractivity contribution in [3.63, 3.8) is 0 Å². The van der Waals surface area contributed by atoms with E-state index in [1.54, 1.807) is 19.1 Å². The van der Waals surface area contributed by atoms with E-state index < -0.39 is 5.97 Å². The van der Waals surface area contributed by atoms with E-state index in [1.807, 2.05) is 6.07 Å². The molecule has 0 bridgehead atoms. The molecule has 0 unspecified atom stereocenters. The second-order valence-corrected chi connectivity index (χ2v) is 4.34. The number of alkyl halides is 1. The molecule has 0 aliphatic heterocycles. The number of hydrogen-bond acceptors (Lipinski definition) is 3. The molecule has 1 aromatic carbocycles. The Kier molecular flexibility index (Phi) is 4.97. The number of nitriles is 1. The third kappa shape index (κ3) is 2.63. The van der Waals surface area contributed by atoms with Gasteiger partial charge in [-0.2, -0.15) is 5.26 Å². The monoisotopic (exact) mass is 345 g/mol. The second-order valence-electron chi connectivity index (χ2n) is 2.92. The molecule has 0 aliphatic carbocycles. The Labute approximate surface area is 111 Å². The average Bonchev–Trinajstić information content (AvgIpc) is 2.28. The molecule has 0 atom stereocenters. The zero-order valence-electron chi connectivity index (χ0n) is 8.59. The summed E-state index contributed by atoms with van der Waals surface area (Å²) in [6.45, 7) is 2.01. The molecule has 0 saturated carbocycles. The predicted molar refractivity (Wildman–Crippen MR) is 67.4 cm³/mol. The minimum Gasteiger partial charge on any atom is -0.462 e. The summed E-state index contributed by atoms with van der Waals surface area (Å²) in [6, 6.07) is 5.57. The Balaban J connectivity index is 3.35. The number of nitrogens with zero attached hydrogens (tertiary/aromatic N) is 1. The number of esters is 1. The maximum Gasteiger partial charge on any atom is 0.340 e. The SMILES string of the molecule is CCOC(=O)c1c(Br)ccc(CBr)c1C#N. The van der Waals surface area contributed by atoms with Crippen molar-refractivity contribution in [2.75, 3.05) is 6.61 Å². The maximum absolute atomic E-state index is 11.7. The van der Waals surface area contributed by atoms with E-state index in [-0.39, 0.29) is 6.61 Å². The number of ether oxygens (including phenoxy) is 1. The maximum atomic E-state index is 11.7.